The van der Waals surface area contributed by atoms with Gasteiger partial charge in [-0.1, -0.05) is 26.0 Å². The SMILES string of the molecule is CC.CC1(c2cccc(N)c2)Cn2nc(C(F)(F)F)cc2C(N)=N1. The highest BCUT2D eigenvalue weighted by molar-refractivity contribution is 5.97. The highest BCUT2D eigenvalue weighted by Crippen LogP contribution is 2.35. The Kier molecular flexibility index (Phi) is 4.59. The molecule has 1 aliphatic rings. The maximum absolute atomic E-state index is 12.8. The number of aromatic nitrogens is 2. The first-order valence-electron chi connectivity index (χ1n) is 7.56. The topological polar surface area (TPSA) is 82.2 Å². The van der Waals surface area contributed by atoms with Crippen LogP contribution in [0.1, 0.15) is 37.7 Å². The molecule has 1 aromatic carbocycles. The van der Waals surface area contributed by atoms with Gasteiger partial charge < -0.3 is 11.5 Å². The van der Waals surface area contributed by atoms with E-state index in [0.717, 1.165) is 11.6 Å². The maximum Gasteiger partial charge on any atom is 0.435 e. The molecule has 24 heavy (non-hydrogen) atoms. The number of rotatable bonds is 1. The van der Waals surface area contributed by atoms with Crippen LogP contribution in [0.2, 0.25) is 0 Å². The van der Waals surface area contributed by atoms with E-state index in [1.807, 2.05) is 19.9 Å². The van der Waals surface area contributed by atoms with Crippen molar-refractivity contribution in [2.75, 3.05) is 5.73 Å². The van der Waals surface area contributed by atoms with Gasteiger partial charge >= 0.3 is 6.18 Å². The molecule has 0 spiro atoms. The Hall–Kier alpha value is -2.51. The van der Waals surface area contributed by atoms with E-state index in [-0.39, 0.29) is 18.1 Å². The number of hydrogen-bond acceptors (Lipinski definition) is 4. The molecule has 5 nitrogen and oxygen atoms in total. The lowest BCUT2D eigenvalue weighted by molar-refractivity contribution is -0.141. The molecule has 4 N–H and O–H groups in total. The summed E-state index contributed by atoms with van der Waals surface area (Å²) >= 11 is 0. The first-order valence-corrected chi connectivity index (χ1v) is 7.56. The summed E-state index contributed by atoms with van der Waals surface area (Å²) in [5, 5.41) is 3.62. The van der Waals surface area contributed by atoms with Crippen LogP contribution in [0.15, 0.2) is 35.3 Å². The summed E-state index contributed by atoms with van der Waals surface area (Å²) in [5.74, 6) is 0.0270. The molecule has 2 heterocycles. The third-order valence-corrected chi connectivity index (χ3v) is 3.67. The molecule has 0 fully saturated rings. The zero-order valence-electron chi connectivity index (χ0n) is 13.7. The normalized spacial score (nSPS) is 19.8. The summed E-state index contributed by atoms with van der Waals surface area (Å²) in [4.78, 5) is 4.37. The van der Waals surface area contributed by atoms with Crippen LogP contribution in [0.3, 0.4) is 0 Å². The number of alkyl halides is 3. The van der Waals surface area contributed by atoms with E-state index in [4.69, 9.17) is 11.5 Å². The Morgan fingerprint density at radius 1 is 1.17 bits per heavy atom. The van der Waals surface area contributed by atoms with Gasteiger partial charge in [0.15, 0.2) is 5.69 Å². The quantitative estimate of drug-likeness (QED) is 0.783. The summed E-state index contributed by atoms with van der Waals surface area (Å²) in [5.41, 5.74) is 11.3. The van der Waals surface area contributed by atoms with Gasteiger partial charge in [-0.05, 0) is 30.7 Å². The first-order chi connectivity index (χ1) is 11.2. The lowest BCUT2D eigenvalue weighted by Crippen LogP contribution is -2.37. The Morgan fingerprint density at radius 2 is 1.83 bits per heavy atom. The Morgan fingerprint density at radius 3 is 2.42 bits per heavy atom. The monoisotopic (exact) mass is 339 g/mol. The zero-order valence-corrected chi connectivity index (χ0v) is 13.7. The average molecular weight is 339 g/mol. The predicted octanol–water partition coefficient (Wildman–Crippen LogP) is 3.14. The molecule has 0 saturated carbocycles. The average Bonchev–Trinajstić information content (AvgIpc) is 2.93. The van der Waals surface area contributed by atoms with E-state index in [9.17, 15) is 13.2 Å². The zero-order chi connectivity index (χ0) is 18.1. The van der Waals surface area contributed by atoms with Gasteiger partial charge in [0, 0.05) is 5.69 Å². The van der Waals surface area contributed by atoms with Gasteiger partial charge in [-0.25, -0.2) is 0 Å². The number of halogens is 3. The van der Waals surface area contributed by atoms with Crippen molar-refractivity contribution < 1.29 is 13.2 Å². The molecule has 0 radical (unpaired) electrons. The summed E-state index contributed by atoms with van der Waals surface area (Å²) in [6, 6.07) is 7.95. The third kappa shape index (κ3) is 3.22. The van der Waals surface area contributed by atoms with Gasteiger partial charge in [0.25, 0.3) is 0 Å². The van der Waals surface area contributed by atoms with Crippen molar-refractivity contribution in [3.63, 3.8) is 0 Å². The molecule has 130 valence electrons. The highest BCUT2D eigenvalue weighted by atomic mass is 19.4. The van der Waals surface area contributed by atoms with E-state index >= 15 is 0 Å². The van der Waals surface area contributed by atoms with Crippen LogP contribution < -0.4 is 11.5 Å². The first kappa shape index (κ1) is 17.8. The number of amidine groups is 1. The lowest BCUT2D eigenvalue weighted by atomic mass is 9.91. The van der Waals surface area contributed by atoms with Crippen molar-refractivity contribution in [1.82, 2.24) is 9.78 Å². The molecule has 8 heteroatoms. The van der Waals surface area contributed by atoms with Crippen molar-refractivity contribution in [3.05, 3.63) is 47.3 Å². The van der Waals surface area contributed by atoms with E-state index in [0.29, 0.717) is 5.69 Å². The second-order valence-corrected chi connectivity index (χ2v) is 5.47. The summed E-state index contributed by atoms with van der Waals surface area (Å²) in [6.07, 6.45) is -4.52. The summed E-state index contributed by atoms with van der Waals surface area (Å²) < 4.78 is 39.6. The lowest BCUT2D eigenvalue weighted by Gasteiger charge is -2.31. The Bertz CT molecular complexity index is 763. The van der Waals surface area contributed by atoms with Crippen LogP contribution in [0.25, 0.3) is 0 Å². The number of nitrogens with zero attached hydrogens (tertiary/aromatic N) is 3. The van der Waals surface area contributed by atoms with Crippen LogP contribution in [-0.4, -0.2) is 15.6 Å². The van der Waals surface area contributed by atoms with E-state index in [1.165, 1.54) is 4.68 Å². The predicted molar refractivity (Wildman–Crippen MR) is 87.5 cm³/mol. The molecule has 1 atom stereocenters. The van der Waals surface area contributed by atoms with Gasteiger partial charge in [0.2, 0.25) is 0 Å². The minimum Gasteiger partial charge on any atom is -0.399 e. The van der Waals surface area contributed by atoms with Gasteiger partial charge in [-0.3, -0.25) is 9.67 Å². The molecule has 2 aromatic rings. The largest absolute Gasteiger partial charge is 0.435 e. The number of anilines is 1. The standard InChI is InChI=1S/C14H14F3N5.C2H6/c1-13(8-3-2-4-9(18)5-8)7-22-10(12(19)20-13)6-11(21-22)14(15,16)17;1-2/h2-6H,7,18H2,1H3,(H2,19,20);1-2H3. The van der Waals surface area contributed by atoms with Crippen LogP contribution in [0.5, 0.6) is 0 Å². The molecule has 0 bridgehead atoms. The third-order valence-electron chi connectivity index (χ3n) is 3.67. The molecular weight excluding hydrogens is 319 g/mol. The smallest absolute Gasteiger partial charge is 0.399 e. The number of benzene rings is 1. The molecule has 3 rings (SSSR count). The number of fused-ring (bicyclic) bond motifs is 1. The fraction of sp³-hybridized carbons (Fsp3) is 0.375. The van der Waals surface area contributed by atoms with Crippen LogP contribution >= 0.6 is 0 Å². The van der Waals surface area contributed by atoms with Crippen molar-refractivity contribution in [2.45, 2.75) is 39.0 Å². The second kappa shape index (κ2) is 6.18. The fourth-order valence-electron chi connectivity index (χ4n) is 2.56. The number of nitrogens with two attached hydrogens (primary N) is 2. The van der Waals surface area contributed by atoms with Gasteiger partial charge in [0.05, 0.1) is 6.54 Å². The minimum absolute atomic E-state index is 0.0270. The molecule has 1 aromatic heterocycles. The second-order valence-electron chi connectivity index (χ2n) is 5.47. The van der Waals surface area contributed by atoms with Gasteiger partial charge in [-0.2, -0.15) is 18.3 Å². The van der Waals surface area contributed by atoms with Crippen LogP contribution in [0, 0.1) is 0 Å². The van der Waals surface area contributed by atoms with Crippen LogP contribution in [0.4, 0.5) is 18.9 Å². The Labute approximate surface area is 138 Å². The van der Waals surface area contributed by atoms with Crippen molar-refractivity contribution in [2.24, 2.45) is 10.7 Å². The van der Waals surface area contributed by atoms with Gasteiger partial charge in [-0.15, -0.1) is 0 Å². The van der Waals surface area contributed by atoms with Crippen molar-refractivity contribution in [3.8, 4) is 0 Å². The maximum atomic E-state index is 12.8. The molecule has 0 saturated heterocycles. The van der Waals surface area contributed by atoms with Crippen LogP contribution in [-0.2, 0) is 18.3 Å². The summed E-state index contributed by atoms with van der Waals surface area (Å²) in [7, 11) is 0. The van der Waals surface area contributed by atoms with Crippen molar-refractivity contribution >= 4 is 11.5 Å². The van der Waals surface area contributed by atoms with Crippen molar-refractivity contribution in [1.29, 1.82) is 0 Å². The van der Waals surface area contributed by atoms with E-state index < -0.39 is 17.4 Å². The van der Waals surface area contributed by atoms with E-state index in [2.05, 4.69) is 10.1 Å². The number of nitrogen functional groups attached to an aromatic ring is 1. The molecule has 1 unspecified atom stereocenters. The fourth-order valence-corrected chi connectivity index (χ4v) is 2.56. The molecule has 1 aliphatic heterocycles. The highest BCUT2D eigenvalue weighted by Gasteiger charge is 2.39. The molecule has 0 amide bonds. The number of aliphatic imine (C=N–C) groups is 1. The molecule has 0 aliphatic carbocycles. The Balaban J connectivity index is 0.00000100. The minimum atomic E-state index is -4.52. The summed E-state index contributed by atoms with van der Waals surface area (Å²) in [6.45, 7) is 5.94. The van der Waals surface area contributed by atoms with E-state index in [1.54, 1.807) is 25.1 Å². The van der Waals surface area contributed by atoms with Gasteiger partial charge in [0.1, 0.15) is 17.1 Å². The number of hydrogen-bond donors (Lipinski definition) is 2. The molecular formula is C16H20F3N5.